The molecule has 5 heteroatoms. The summed E-state index contributed by atoms with van der Waals surface area (Å²) in [5.41, 5.74) is 0.186. The van der Waals surface area contributed by atoms with Crippen molar-refractivity contribution in [2.24, 2.45) is 5.92 Å². The molecule has 2 bridgehead atoms. The second kappa shape index (κ2) is 6.53. The van der Waals surface area contributed by atoms with Gasteiger partial charge >= 0.3 is 5.97 Å². The third-order valence-corrected chi connectivity index (χ3v) is 6.12. The van der Waals surface area contributed by atoms with Crippen LogP contribution < -0.4 is 0 Å². The number of esters is 1. The molecule has 0 aromatic carbocycles. The molecule has 0 aliphatic carbocycles. The van der Waals surface area contributed by atoms with Crippen LogP contribution in [0.5, 0.6) is 0 Å². The van der Waals surface area contributed by atoms with Crippen LogP contribution in [-0.4, -0.2) is 45.7 Å². The van der Waals surface area contributed by atoms with Crippen LogP contribution in [0.2, 0.25) is 0 Å². The molecule has 3 aliphatic rings. The highest BCUT2D eigenvalue weighted by atomic mass is 16.6. The first-order valence-electron chi connectivity index (χ1n) is 9.32. The molecule has 1 fully saturated rings. The molecular formula is C20H30O5. The van der Waals surface area contributed by atoms with Crippen molar-refractivity contribution in [3.05, 3.63) is 23.3 Å². The molecule has 140 valence electrons. The fraction of sp³-hybridized carbons (Fsp3) is 0.750. The van der Waals surface area contributed by atoms with E-state index in [9.17, 15) is 15.0 Å². The molecule has 3 heterocycles. The molecule has 3 aliphatic heterocycles. The normalized spacial score (nSPS) is 42.2. The Balaban J connectivity index is 1.94. The Morgan fingerprint density at radius 3 is 2.64 bits per heavy atom. The van der Waals surface area contributed by atoms with Crippen LogP contribution in [0.25, 0.3) is 0 Å². The predicted octanol–water partition coefficient (Wildman–Crippen LogP) is 2.65. The molecule has 0 amide bonds. The number of aliphatic hydroxyl groups is 2. The quantitative estimate of drug-likeness (QED) is 0.432. The number of epoxide rings is 1. The zero-order chi connectivity index (χ0) is 18.4. The highest BCUT2D eigenvalue weighted by Crippen LogP contribution is 2.45. The number of fused-ring (bicyclic) bond motifs is 4. The minimum atomic E-state index is -0.921. The molecule has 5 atom stereocenters. The van der Waals surface area contributed by atoms with Gasteiger partial charge in [0.05, 0.1) is 12.2 Å². The van der Waals surface area contributed by atoms with Gasteiger partial charge in [-0.1, -0.05) is 31.6 Å². The van der Waals surface area contributed by atoms with Crippen LogP contribution in [0, 0.1) is 5.92 Å². The van der Waals surface area contributed by atoms with Crippen LogP contribution in [0.15, 0.2) is 23.3 Å². The second-order valence-corrected chi connectivity index (χ2v) is 8.35. The third kappa shape index (κ3) is 3.55. The molecule has 0 aromatic rings. The standard InChI is InChI=1S/C20H30O5/c1-12(2)14-8-7-13-6-5-9-19(3,25-18(13)23)15(21)11-17-20(4,24-17)16(22)10-14/h6,10,12,15-17,21-22H,5,7-9,11H2,1-4H3/t15-,16+,17+,19-,20-/m0/s1. The Morgan fingerprint density at radius 1 is 1.24 bits per heavy atom. The molecule has 5 nitrogen and oxygen atoms in total. The lowest BCUT2D eigenvalue weighted by molar-refractivity contribution is -0.167. The zero-order valence-corrected chi connectivity index (χ0v) is 15.6. The van der Waals surface area contributed by atoms with Gasteiger partial charge < -0.3 is 19.7 Å². The number of carbonyl (C=O) groups excluding carboxylic acids is 1. The molecule has 0 radical (unpaired) electrons. The second-order valence-electron chi connectivity index (χ2n) is 8.35. The summed E-state index contributed by atoms with van der Waals surface area (Å²) in [5, 5.41) is 21.4. The SMILES string of the molecule is CC(C)C1=C[C@@H](O)[C@]2(C)O[C@@H]2C[C@H](O)[C@]2(C)CCC=C(CC1)C(=O)O2. The van der Waals surface area contributed by atoms with Crippen molar-refractivity contribution in [1.29, 1.82) is 0 Å². The molecule has 1 saturated heterocycles. The Hall–Kier alpha value is -1.17. The molecule has 0 aromatic heterocycles. The summed E-state index contributed by atoms with van der Waals surface area (Å²) in [7, 11) is 0. The first-order valence-corrected chi connectivity index (χ1v) is 9.32. The summed E-state index contributed by atoms with van der Waals surface area (Å²) in [6, 6.07) is 0. The monoisotopic (exact) mass is 350 g/mol. The van der Waals surface area contributed by atoms with Crippen molar-refractivity contribution < 1.29 is 24.5 Å². The van der Waals surface area contributed by atoms with Crippen molar-refractivity contribution >= 4 is 5.97 Å². The van der Waals surface area contributed by atoms with E-state index in [1.54, 1.807) is 6.92 Å². The van der Waals surface area contributed by atoms with E-state index in [1.807, 2.05) is 19.1 Å². The maximum Gasteiger partial charge on any atom is 0.334 e. The van der Waals surface area contributed by atoms with E-state index in [0.29, 0.717) is 37.7 Å². The number of hydrogen-bond donors (Lipinski definition) is 2. The lowest BCUT2D eigenvalue weighted by atomic mass is 9.86. The number of ether oxygens (including phenoxy) is 2. The number of rotatable bonds is 1. The molecule has 2 N–H and O–H groups in total. The summed E-state index contributed by atoms with van der Waals surface area (Å²) in [5.74, 6) is -0.0553. The van der Waals surface area contributed by atoms with Crippen molar-refractivity contribution in [1.82, 2.24) is 0 Å². The van der Waals surface area contributed by atoms with E-state index in [0.717, 1.165) is 5.57 Å². The van der Waals surface area contributed by atoms with E-state index in [-0.39, 0.29) is 18.0 Å². The number of aliphatic hydroxyl groups excluding tert-OH is 2. The minimum Gasteiger partial charge on any atom is -0.453 e. The fourth-order valence-electron chi connectivity index (χ4n) is 3.86. The summed E-state index contributed by atoms with van der Waals surface area (Å²) in [4.78, 5) is 12.5. The Labute approximate surface area is 149 Å². The van der Waals surface area contributed by atoms with Gasteiger partial charge in [0.1, 0.15) is 17.3 Å². The molecule has 0 spiro atoms. The van der Waals surface area contributed by atoms with Gasteiger partial charge in [-0.2, -0.15) is 0 Å². The average molecular weight is 350 g/mol. The molecule has 0 unspecified atom stereocenters. The lowest BCUT2D eigenvalue weighted by Crippen LogP contribution is -2.44. The molecule has 25 heavy (non-hydrogen) atoms. The van der Waals surface area contributed by atoms with E-state index in [2.05, 4.69) is 13.8 Å². The number of carbonyl (C=O) groups is 1. The average Bonchev–Trinajstić information content (AvgIpc) is 3.21. The van der Waals surface area contributed by atoms with Crippen molar-refractivity contribution in [3.8, 4) is 0 Å². The van der Waals surface area contributed by atoms with Crippen LogP contribution >= 0.6 is 0 Å². The van der Waals surface area contributed by atoms with Gasteiger partial charge in [-0.3, -0.25) is 0 Å². The minimum absolute atomic E-state index is 0.242. The van der Waals surface area contributed by atoms with Crippen molar-refractivity contribution in [2.75, 3.05) is 0 Å². The lowest BCUT2D eigenvalue weighted by Gasteiger charge is -2.33. The van der Waals surface area contributed by atoms with Gasteiger partial charge in [0.25, 0.3) is 0 Å². The van der Waals surface area contributed by atoms with E-state index >= 15 is 0 Å². The summed E-state index contributed by atoms with van der Waals surface area (Å²) < 4.78 is 11.5. The first kappa shape index (κ1) is 18.6. The Morgan fingerprint density at radius 2 is 1.96 bits per heavy atom. The topological polar surface area (TPSA) is 79.3 Å². The molecule has 0 saturated carbocycles. The van der Waals surface area contributed by atoms with Crippen LogP contribution in [0.3, 0.4) is 0 Å². The van der Waals surface area contributed by atoms with Gasteiger partial charge in [-0.05, 0) is 45.4 Å². The number of allylic oxidation sites excluding steroid dienone is 2. The van der Waals surface area contributed by atoms with E-state index in [1.165, 1.54) is 0 Å². The smallest absolute Gasteiger partial charge is 0.334 e. The van der Waals surface area contributed by atoms with Crippen LogP contribution in [0.4, 0.5) is 0 Å². The zero-order valence-electron chi connectivity index (χ0n) is 15.6. The van der Waals surface area contributed by atoms with Gasteiger partial charge in [0, 0.05) is 12.0 Å². The highest BCUT2D eigenvalue weighted by molar-refractivity contribution is 5.89. The Bertz CT molecular complexity index is 607. The summed E-state index contributed by atoms with van der Waals surface area (Å²) in [6.07, 6.45) is 4.97. The molecular weight excluding hydrogens is 320 g/mol. The fourth-order valence-corrected chi connectivity index (χ4v) is 3.86. The van der Waals surface area contributed by atoms with Crippen LogP contribution in [0.1, 0.15) is 59.8 Å². The number of hydrogen-bond acceptors (Lipinski definition) is 5. The van der Waals surface area contributed by atoms with E-state index in [4.69, 9.17) is 9.47 Å². The van der Waals surface area contributed by atoms with Crippen molar-refractivity contribution in [3.63, 3.8) is 0 Å². The van der Waals surface area contributed by atoms with Crippen LogP contribution in [-0.2, 0) is 14.3 Å². The summed E-state index contributed by atoms with van der Waals surface area (Å²) >= 11 is 0. The van der Waals surface area contributed by atoms with Gasteiger partial charge in [0.2, 0.25) is 0 Å². The largest absolute Gasteiger partial charge is 0.453 e. The van der Waals surface area contributed by atoms with Gasteiger partial charge in [-0.25, -0.2) is 4.79 Å². The maximum absolute atomic E-state index is 12.5. The highest BCUT2D eigenvalue weighted by Gasteiger charge is 2.58. The maximum atomic E-state index is 12.5. The van der Waals surface area contributed by atoms with Crippen molar-refractivity contribution in [2.45, 2.75) is 89.3 Å². The molecule has 3 rings (SSSR count). The first-order chi connectivity index (χ1) is 11.7. The van der Waals surface area contributed by atoms with Gasteiger partial charge in [-0.15, -0.1) is 0 Å². The predicted molar refractivity (Wildman–Crippen MR) is 93.9 cm³/mol. The van der Waals surface area contributed by atoms with Gasteiger partial charge in [0.15, 0.2) is 0 Å². The Kier molecular flexibility index (Phi) is 4.86. The third-order valence-electron chi connectivity index (χ3n) is 6.12. The van der Waals surface area contributed by atoms with E-state index < -0.39 is 23.4 Å². The summed E-state index contributed by atoms with van der Waals surface area (Å²) in [6.45, 7) is 7.85.